The lowest BCUT2D eigenvalue weighted by atomic mass is 9.98. The summed E-state index contributed by atoms with van der Waals surface area (Å²) in [7, 11) is 0. The van der Waals surface area contributed by atoms with Gasteiger partial charge in [-0.3, -0.25) is 9.13 Å². The zero-order chi connectivity index (χ0) is 13.2. The van der Waals surface area contributed by atoms with Crippen molar-refractivity contribution in [2.75, 3.05) is 6.54 Å². The van der Waals surface area contributed by atoms with E-state index >= 15 is 0 Å². The summed E-state index contributed by atoms with van der Waals surface area (Å²) in [6.45, 7) is 3.97. The van der Waals surface area contributed by atoms with E-state index in [-0.39, 0.29) is 5.69 Å². The average Bonchev–Trinajstić information content (AvgIpc) is 2.97. The fourth-order valence-electron chi connectivity index (χ4n) is 3.41. The second kappa shape index (κ2) is 5.53. The molecule has 1 heterocycles. The second-order valence-electron chi connectivity index (χ2n) is 6.08. The normalized spacial score (nSPS) is 21.9. The Hall–Kier alpha value is -1.03. The number of nitrogens with zero attached hydrogens (tertiary/aromatic N) is 2. The minimum Gasteiger partial charge on any atom is -0.312 e. The van der Waals surface area contributed by atoms with E-state index in [1.165, 1.54) is 38.5 Å². The SMILES string of the molecule is CCNC(Cn1ccn(C2CC2)c1=O)C1CCCC1. The zero-order valence-electron chi connectivity index (χ0n) is 11.8. The van der Waals surface area contributed by atoms with E-state index in [0.717, 1.165) is 19.0 Å². The van der Waals surface area contributed by atoms with Crippen LogP contribution in [0.15, 0.2) is 17.2 Å². The molecule has 1 unspecified atom stereocenters. The van der Waals surface area contributed by atoms with Crippen LogP contribution in [-0.4, -0.2) is 21.7 Å². The Bertz CT molecular complexity index is 466. The van der Waals surface area contributed by atoms with Gasteiger partial charge in [0.1, 0.15) is 0 Å². The molecule has 4 heteroatoms. The highest BCUT2D eigenvalue weighted by Crippen LogP contribution is 2.33. The fraction of sp³-hybridized carbons (Fsp3) is 0.800. The topological polar surface area (TPSA) is 39.0 Å². The van der Waals surface area contributed by atoms with Gasteiger partial charge in [0.05, 0.1) is 0 Å². The third-order valence-electron chi connectivity index (χ3n) is 4.64. The summed E-state index contributed by atoms with van der Waals surface area (Å²) in [6, 6.07) is 0.943. The molecule has 3 rings (SSSR count). The summed E-state index contributed by atoms with van der Waals surface area (Å²) >= 11 is 0. The van der Waals surface area contributed by atoms with Crippen LogP contribution in [0.5, 0.6) is 0 Å². The molecule has 1 N–H and O–H groups in total. The Morgan fingerprint density at radius 1 is 1.26 bits per heavy atom. The predicted molar refractivity (Wildman–Crippen MR) is 76.4 cm³/mol. The summed E-state index contributed by atoms with van der Waals surface area (Å²) in [5, 5.41) is 3.59. The van der Waals surface area contributed by atoms with Crippen LogP contribution in [0.3, 0.4) is 0 Å². The number of aromatic nitrogens is 2. The molecule has 2 saturated carbocycles. The number of hydrogen-bond donors (Lipinski definition) is 1. The lowest BCUT2D eigenvalue weighted by Gasteiger charge is -2.24. The molecule has 0 saturated heterocycles. The minimum atomic E-state index is 0.184. The smallest absolute Gasteiger partial charge is 0.312 e. The summed E-state index contributed by atoms with van der Waals surface area (Å²) in [5.41, 5.74) is 0.184. The number of imidazole rings is 1. The first-order valence-electron chi connectivity index (χ1n) is 7.80. The Morgan fingerprint density at radius 3 is 2.63 bits per heavy atom. The van der Waals surface area contributed by atoms with Gasteiger partial charge in [0.15, 0.2) is 0 Å². The molecule has 106 valence electrons. The summed E-state index contributed by atoms with van der Waals surface area (Å²) in [6.07, 6.45) is 11.6. The van der Waals surface area contributed by atoms with Crippen molar-refractivity contribution in [1.82, 2.24) is 14.5 Å². The van der Waals surface area contributed by atoms with Gasteiger partial charge in [-0.15, -0.1) is 0 Å². The first-order chi connectivity index (χ1) is 9.29. The maximum absolute atomic E-state index is 12.3. The molecular formula is C15H25N3O. The van der Waals surface area contributed by atoms with Crippen LogP contribution >= 0.6 is 0 Å². The molecule has 0 radical (unpaired) electrons. The molecule has 0 amide bonds. The van der Waals surface area contributed by atoms with Crippen molar-refractivity contribution in [3.8, 4) is 0 Å². The van der Waals surface area contributed by atoms with Gasteiger partial charge in [0, 0.05) is 31.0 Å². The van der Waals surface area contributed by atoms with Gasteiger partial charge < -0.3 is 5.32 Å². The first-order valence-corrected chi connectivity index (χ1v) is 7.80. The van der Waals surface area contributed by atoms with Gasteiger partial charge in [-0.2, -0.15) is 0 Å². The quantitative estimate of drug-likeness (QED) is 0.854. The molecule has 0 spiro atoms. The third-order valence-corrected chi connectivity index (χ3v) is 4.64. The molecule has 1 aromatic rings. The number of nitrogens with one attached hydrogen (secondary N) is 1. The van der Waals surface area contributed by atoms with Gasteiger partial charge in [-0.05, 0) is 38.1 Å². The van der Waals surface area contributed by atoms with Crippen molar-refractivity contribution in [3.63, 3.8) is 0 Å². The molecule has 0 bridgehead atoms. The molecule has 0 aromatic carbocycles. The lowest BCUT2D eigenvalue weighted by Crippen LogP contribution is -2.41. The summed E-state index contributed by atoms with van der Waals surface area (Å²) in [5.74, 6) is 0.746. The highest BCUT2D eigenvalue weighted by Gasteiger charge is 2.28. The summed E-state index contributed by atoms with van der Waals surface area (Å²) in [4.78, 5) is 12.3. The zero-order valence-corrected chi connectivity index (χ0v) is 11.8. The predicted octanol–water partition coefficient (Wildman–Crippen LogP) is 2.15. The van der Waals surface area contributed by atoms with Gasteiger partial charge in [0.2, 0.25) is 0 Å². The second-order valence-corrected chi connectivity index (χ2v) is 6.08. The highest BCUT2D eigenvalue weighted by atomic mass is 16.1. The Kier molecular flexibility index (Phi) is 3.78. The van der Waals surface area contributed by atoms with Crippen molar-refractivity contribution in [2.24, 2.45) is 5.92 Å². The van der Waals surface area contributed by atoms with Crippen LogP contribution in [0.4, 0.5) is 0 Å². The molecular weight excluding hydrogens is 238 g/mol. The highest BCUT2D eigenvalue weighted by molar-refractivity contribution is 4.93. The van der Waals surface area contributed by atoms with Crippen LogP contribution in [0.2, 0.25) is 0 Å². The molecule has 4 nitrogen and oxygen atoms in total. The van der Waals surface area contributed by atoms with Crippen molar-refractivity contribution >= 4 is 0 Å². The molecule has 1 aromatic heterocycles. The van der Waals surface area contributed by atoms with E-state index in [1.807, 2.05) is 21.5 Å². The lowest BCUT2D eigenvalue weighted by molar-refractivity contribution is 0.323. The van der Waals surface area contributed by atoms with E-state index in [1.54, 1.807) is 0 Å². The molecule has 1 atom stereocenters. The minimum absolute atomic E-state index is 0.184. The van der Waals surface area contributed by atoms with E-state index in [0.29, 0.717) is 12.1 Å². The van der Waals surface area contributed by atoms with E-state index < -0.39 is 0 Å². The molecule has 0 aliphatic heterocycles. The van der Waals surface area contributed by atoms with Crippen LogP contribution in [-0.2, 0) is 6.54 Å². The number of hydrogen-bond acceptors (Lipinski definition) is 2. The average molecular weight is 263 g/mol. The summed E-state index contributed by atoms with van der Waals surface area (Å²) < 4.78 is 3.82. The van der Waals surface area contributed by atoms with Crippen molar-refractivity contribution in [3.05, 3.63) is 22.9 Å². The largest absolute Gasteiger partial charge is 0.328 e. The van der Waals surface area contributed by atoms with Crippen molar-refractivity contribution in [1.29, 1.82) is 0 Å². The monoisotopic (exact) mass is 263 g/mol. The van der Waals surface area contributed by atoms with Gasteiger partial charge in [-0.1, -0.05) is 19.8 Å². The first kappa shape index (κ1) is 13.0. The molecule has 2 fully saturated rings. The van der Waals surface area contributed by atoms with Crippen LogP contribution in [0, 0.1) is 5.92 Å². The molecule has 2 aliphatic rings. The van der Waals surface area contributed by atoms with E-state index in [9.17, 15) is 4.79 Å². The van der Waals surface area contributed by atoms with Gasteiger partial charge in [-0.25, -0.2) is 4.79 Å². The fourth-order valence-corrected chi connectivity index (χ4v) is 3.41. The van der Waals surface area contributed by atoms with Gasteiger partial charge in [0.25, 0.3) is 0 Å². The molecule has 19 heavy (non-hydrogen) atoms. The van der Waals surface area contributed by atoms with Crippen LogP contribution in [0.25, 0.3) is 0 Å². The molecule has 2 aliphatic carbocycles. The standard InChI is InChI=1S/C15H25N3O/c1-2-16-14(12-5-3-4-6-12)11-17-9-10-18(15(17)19)13-7-8-13/h9-10,12-14,16H,2-8,11H2,1H3. The van der Waals surface area contributed by atoms with Crippen molar-refractivity contribution < 1.29 is 0 Å². The van der Waals surface area contributed by atoms with Crippen molar-refractivity contribution in [2.45, 2.75) is 64.1 Å². The maximum atomic E-state index is 12.3. The van der Waals surface area contributed by atoms with Crippen LogP contribution < -0.4 is 11.0 Å². The van der Waals surface area contributed by atoms with E-state index in [2.05, 4.69) is 12.2 Å². The van der Waals surface area contributed by atoms with E-state index in [4.69, 9.17) is 0 Å². The Balaban J connectivity index is 1.71. The Labute approximate surface area is 114 Å². The van der Waals surface area contributed by atoms with Gasteiger partial charge >= 0.3 is 5.69 Å². The van der Waals surface area contributed by atoms with Crippen LogP contribution in [0.1, 0.15) is 51.5 Å². The Morgan fingerprint density at radius 2 is 2.00 bits per heavy atom. The third kappa shape index (κ3) is 2.78. The number of rotatable bonds is 6. The number of likely N-dealkylation sites (N-methyl/N-ethyl adjacent to an activating group) is 1. The maximum Gasteiger partial charge on any atom is 0.328 e.